The van der Waals surface area contributed by atoms with Crippen LogP contribution in [0, 0.1) is 0 Å². The van der Waals surface area contributed by atoms with Crippen LogP contribution in [0.15, 0.2) is 35.9 Å². The molecule has 0 aromatic heterocycles. The summed E-state index contributed by atoms with van der Waals surface area (Å²) in [6.07, 6.45) is 7.33. The number of anilines is 1. The second kappa shape index (κ2) is 9.75. The largest absolute Gasteiger partial charge is 0.381 e. The highest BCUT2D eigenvalue weighted by atomic mass is 16.5. The molecule has 2 heterocycles. The molecule has 0 atom stereocenters. The lowest BCUT2D eigenvalue weighted by molar-refractivity contribution is 0.0252. The number of hydrogen-bond acceptors (Lipinski definition) is 3. The first kappa shape index (κ1) is 20.4. The van der Waals surface area contributed by atoms with Gasteiger partial charge in [-0.1, -0.05) is 37.6 Å². The fourth-order valence-corrected chi connectivity index (χ4v) is 4.41. The lowest BCUT2D eigenvalue weighted by atomic mass is 9.97. The first-order valence-corrected chi connectivity index (χ1v) is 10.9. The minimum Gasteiger partial charge on any atom is -0.381 e. The Hall–Kier alpha value is -1.32. The third-order valence-corrected chi connectivity index (χ3v) is 6.23. The number of rotatable bonds is 6. The first-order chi connectivity index (χ1) is 13.0. The Morgan fingerprint density at radius 3 is 2.26 bits per heavy atom. The van der Waals surface area contributed by atoms with Gasteiger partial charge in [-0.05, 0) is 63.1 Å². The lowest BCUT2D eigenvalue weighted by Gasteiger charge is -2.43. The Morgan fingerprint density at radius 1 is 1.07 bits per heavy atom. The van der Waals surface area contributed by atoms with E-state index in [1.54, 1.807) is 0 Å². The molecule has 3 heteroatoms. The molecule has 2 aliphatic rings. The van der Waals surface area contributed by atoms with E-state index in [4.69, 9.17) is 4.74 Å². The highest BCUT2D eigenvalue weighted by Crippen LogP contribution is 2.28. The highest BCUT2D eigenvalue weighted by Gasteiger charge is 2.29. The van der Waals surface area contributed by atoms with E-state index in [1.165, 1.54) is 55.6 Å². The predicted octanol–water partition coefficient (Wildman–Crippen LogP) is 5.23. The van der Waals surface area contributed by atoms with Gasteiger partial charge in [-0.25, -0.2) is 0 Å². The molecule has 0 unspecified atom stereocenters. The van der Waals surface area contributed by atoms with Crippen molar-refractivity contribution in [2.24, 2.45) is 0 Å². The summed E-state index contributed by atoms with van der Waals surface area (Å²) in [7, 11) is 0. The van der Waals surface area contributed by atoms with Crippen LogP contribution in [0.1, 0.15) is 64.9 Å². The van der Waals surface area contributed by atoms with E-state index >= 15 is 0 Å². The summed E-state index contributed by atoms with van der Waals surface area (Å²) in [6, 6.07) is 10.7. The molecule has 2 fully saturated rings. The van der Waals surface area contributed by atoms with E-state index in [0.717, 1.165) is 25.8 Å². The molecule has 150 valence electrons. The number of piperidine rings is 1. The number of ether oxygens (including phenoxy) is 1. The van der Waals surface area contributed by atoms with E-state index in [2.05, 4.69) is 67.8 Å². The van der Waals surface area contributed by atoms with E-state index in [1.807, 2.05) is 0 Å². The van der Waals surface area contributed by atoms with Crippen molar-refractivity contribution in [3.05, 3.63) is 41.5 Å². The van der Waals surface area contributed by atoms with Gasteiger partial charge in [0.15, 0.2) is 0 Å². The van der Waals surface area contributed by atoms with Crippen LogP contribution < -0.4 is 4.90 Å². The lowest BCUT2D eigenvalue weighted by Crippen LogP contribution is -2.49. The molecule has 0 aliphatic carbocycles. The Morgan fingerprint density at radius 2 is 1.70 bits per heavy atom. The number of benzene rings is 1. The van der Waals surface area contributed by atoms with Gasteiger partial charge in [0.05, 0.1) is 0 Å². The maximum absolute atomic E-state index is 5.55. The van der Waals surface area contributed by atoms with Crippen LogP contribution in [0.4, 0.5) is 5.69 Å². The molecule has 0 bridgehead atoms. The molecule has 1 aromatic rings. The quantitative estimate of drug-likeness (QED) is 0.638. The van der Waals surface area contributed by atoms with Crippen LogP contribution in [0.5, 0.6) is 0 Å². The van der Waals surface area contributed by atoms with E-state index in [0.29, 0.717) is 12.0 Å². The van der Waals surface area contributed by atoms with Gasteiger partial charge in [0, 0.05) is 50.6 Å². The van der Waals surface area contributed by atoms with E-state index < -0.39 is 0 Å². The summed E-state index contributed by atoms with van der Waals surface area (Å²) in [5.41, 5.74) is 4.20. The third-order valence-electron chi connectivity index (χ3n) is 6.23. The molecule has 0 N–H and O–H groups in total. The van der Waals surface area contributed by atoms with Crippen LogP contribution in [0.3, 0.4) is 0 Å². The smallest absolute Gasteiger partial charge is 0.0480 e. The van der Waals surface area contributed by atoms with Gasteiger partial charge in [-0.15, -0.1) is 0 Å². The minimum absolute atomic E-state index is 0.591. The zero-order chi connectivity index (χ0) is 19.2. The average molecular weight is 371 g/mol. The molecule has 27 heavy (non-hydrogen) atoms. The van der Waals surface area contributed by atoms with Gasteiger partial charge < -0.3 is 14.5 Å². The van der Waals surface area contributed by atoms with Gasteiger partial charge in [-0.3, -0.25) is 0 Å². The SMILES string of the molecule is CC(C)=CCN(c1ccc(C(C)C)cc1)C1CCN(C2CCOCC2)CC1. The summed E-state index contributed by atoms with van der Waals surface area (Å²) in [4.78, 5) is 5.36. The third kappa shape index (κ3) is 5.58. The van der Waals surface area contributed by atoms with Crippen LogP contribution in [-0.4, -0.2) is 49.8 Å². The molecule has 3 nitrogen and oxygen atoms in total. The topological polar surface area (TPSA) is 15.7 Å². The number of hydrogen-bond donors (Lipinski definition) is 0. The van der Waals surface area contributed by atoms with Crippen molar-refractivity contribution in [3.8, 4) is 0 Å². The zero-order valence-corrected chi connectivity index (χ0v) is 17.8. The normalized spacial score (nSPS) is 20.0. The fourth-order valence-electron chi connectivity index (χ4n) is 4.41. The van der Waals surface area contributed by atoms with Crippen LogP contribution in [0.2, 0.25) is 0 Å². The molecule has 0 radical (unpaired) electrons. The number of likely N-dealkylation sites (tertiary alicyclic amines) is 1. The van der Waals surface area contributed by atoms with Crippen molar-refractivity contribution < 1.29 is 4.74 Å². The molecule has 0 amide bonds. The van der Waals surface area contributed by atoms with Gasteiger partial charge in [0.1, 0.15) is 0 Å². The van der Waals surface area contributed by atoms with Crippen molar-refractivity contribution in [2.45, 2.75) is 71.4 Å². The summed E-state index contributed by atoms with van der Waals surface area (Å²) in [5, 5.41) is 0. The van der Waals surface area contributed by atoms with Crippen LogP contribution in [0.25, 0.3) is 0 Å². The van der Waals surface area contributed by atoms with Crippen molar-refractivity contribution in [2.75, 3.05) is 37.7 Å². The standard InChI is InChI=1S/C24H38N2O/c1-19(2)9-16-26(23-7-5-21(6-8-23)20(3)4)24-10-14-25(15-11-24)22-12-17-27-18-13-22/h5-9,20,22,24H,10-18H2,1-4H3. The first-order valence-electron chi connectivity index (χ1n) is 10.9. The second-order valence-electron chi connectivity index (χ2n) is 8.79. The maximum atomic E-state index is 5.55. The zero-order valence-electron chi connectivity index (χ0n) is 17.8. The van der Waals surface area contributed by atoms with E-state index in [9.17, 15) is 0 Å². The molecule has 3 rings (SSSR count). The Balaban J connectivity index is 1.67. The van der Waals surface area contributed by atoms with Crippen molar-refractivity contribution in [1.29, 1.82) is 0 Å². The molecule has 0 saturated carbocycles. The van der Waals surface area contributed by atoms with Crippen LogP contribution >= 0.6 is 0 Å². The molecule has 2 aliphatic heterocycles. The Bertz CT molecular complexity index is 589. The minimum atomic E-state index is 0.591. The highest BCUT2D eigenvalue weighted by molar-refractivity contribution is 5.50. The fraction of sp³-hybridized carbons (Fsp3) is 0.667. The van der Waals surface area contributed by atoms with Crippen LogP contribution in [-0.2, 0) is 4.74 Å². The Kier molecular flexibility index (Phi) is 7.37. The monoisotopic (exact) mass is 370 g/mol. The average Bonchev–Trinajstić information content (AvgIpc) is 2.69. The molecular weight excluding hydrogens is 332 g/mol. The molecular formula is C24H38N2O. The van der Waals surface area contributed by atoms with Gasteiger partial charge in [-0.2, -0.15) is 0 Å². The van der Waals surface area contributed by atoms with Crippen molar-refractivity contribution in [1.82, 2.24) is 4.90 Å². The summed E-state index contributed by atoms with van der Waals surface area (Å²) < 4.78 is 5.55. The molecule has 2 saturated heterocycles. The van der Waals surface area contributed by atoms with Gasteiger partial charge in [0.2, 0.25) is 0 Å². The van der Waals surface area contributed by atoms with Crippen molar-refractivity contribution in [3.63, 3.8) is 0 Å². The summed E-state index contributed by atoms with van der Waals surface area (Å²) in [5.74, 6) is 0.591. The van der Waals surface area contributed by atoms with Gasteiger partial charge >= 0.3 is 0 Å². The number of allylic oxidation sites excluding steroid dienone is 1. The Labute approximate surface area is 166 Å². The van der Waals surface area contributed by atoms with E-state index in [-0.39, 0.29) is 0 Å². The molecule has 1 aromatic carbocycles. The van der Waals surface area contributed by atoms with Crippen molar-refractivity contribution >= 4 is 5.69 Å². The predicted molar refractivity (Wildman–Crippen MR) is 116 cm³/mol. The summed E-state index contributed by atoms with van der Waals surface area (Å²) in [6.45, 7) is 14.3. The molecule has 0 spiro atoms. The summed E-state index contributed by atoms with van der Waals surface area (Å²) >= 11 is 0. The maximum Gasteiger partial charge on any atom is 0.0480 e. The number of nitrogens with zero attached hydrogens (tertiary/aromatic N) is 2. The second-order valence-corrected chi connectivity index (χ2v) is 8.79. The van der Waals surface area contributed by atoms with Gasteiger partial charge in [0.25, 0.3) is 0 Å².